The maximum absolute atomic E-state index is 14.1. The van der Waals surface area contributed by atoms with Gasteiger partial charge in [-0.15, -0.1) is 0 Å². The van der Waals surface area contributed by atoms with Crippen molar-refractivity contribution in [3.63, 3.8) is 0 Å². The highest BCUT2D eigenvalue weighted by Crippen LogP contribution is 2.47. The molecule has 0 aromatic carbocycles. The van der Waals surface area contributed by atoms with Crippen molar-refractivity contribution in [2.45, 2.75) is 100 Å². The van der Waals surface area contributed by atoms with Gasteiger partial charge in [0.05, 0.1) is 11.3 Å². The van der Waals surface area contributed by atoms with Crippen molar-refractivity contribution in [3.8, 4) is 5.88 Å². The van der Waals surface area contributed by atoms with E-state index in [0.29, 0.717) is 32.1 Å². The molecule has 0 bridgehead atoms. The normalized spacial score (nSPS) is 32.1. The van der Waals surface area contributed by atoms with Crippen LogP contribution in [0.1, 0.15) is 71.3 Å². The maximum atomic E-state index is 14.1. The smallest absolute Gasteiger partial charge is 0.421 e. The van der Waals surface area contributed by atoms with Crippen LogP contribution in [0, 0.1) is 17.8 Å². The van der Waals surface area contributed by atoms with Crippen LogP contribution in [0.15, 0.2) is 30.5 Å². The number of rotatable bonds is 6. The standard InChI is InChI=1S/C31H40F3N5O8S/c1-17-7-4-5-8-19-15-30(19,27(42)38-48(45,46)29(3)10-11-29)37-24(40)22-14-20(47-25-21(31(32,33)34)9-6-12-35-25)16-39(22)26(41)23(18(2)13-17)36-28(43)44/h5-6,8-9,12,17-20,22-23,36H,4,7,10-11,13-16H2,1-3H3,(H,37,40)(H,38,42)(H,43,44)/t17-,18-,19-,20-,22+,23+,30-/m1/s1. The lowest BCUT2D eigenvalue weighted by molar-refractivity contribution is -0.142. The lowest BCUT2D eigenvalue weighted by atomic mass is 9.88. The summed E-state index contributed by atoms with van der Waals surface area (Å²) in [5.74, 6) is -4.40. The summed E-state index contributed by atoms with van der Waals surface area (Å²) in [5.41, 5.74) is -2.82. The zero-order valence-electron chi connectivity index (χ0n) is 26.7. The molecule has 1 aromatic heterocycles. The van der Waals surface area contributed by atoms with E-state index in [1.54, 1.807) is 13.0 Å². The van der Waals surface area contributed by atoms with E-state index in [1.807, 2.05) is 13.0 Å². The van der Waals surface area contributed by atoms with E-state index < -0.39 is 91.8 Å². The van der Waals surface area contributed by atoms with Crippen LogP contribution in [0.5, 0.6) is 5.88 Å². The maximum Gasteiger partial charge on any atom is 0.421 e. The number of ether oxygens (including phenoxy) is 1. The number of pyridine rings is 1. The molecule has 3 fully saturated rings. The van der Waals surface area contributed by atoms with Crippen molar-refractivity contribution < 1.29 is 50.6 Å². The third-order valence-corrected chi connectivity index (χ3v) is 12.0. The van der Waals surface area contributed by atoms with Gasteiger partial charge in [0.25, 0.3) is 5.91 Å². The summed E-state index contributed by atoms with van der Waals surface area (Å²) >= 11 is 0. The van der Waals surface area contributed by atoms with E-state index in [4.69, 9.17) is 4.74 Å². The van der Waals surface area contributed by atoms with Crippen LogP contribution in [0.25, 0.3) is 0 Å². The zero-order valence-corrected chi connectivity index (χ0v) is 27.6. The van der Waals surface area contributed by atoms with E-state index >= 15 is 0 Å². The highest BCUT2D eigenvalue weighted by atomic mass is 32.2. The molecule has 0 spiro atoms. The van der Waals surface area contributed by atoms with Crippen LogP contribution in [0.3, 0.4) is 0 Å². The van der Waals surface area contributed by atoms with Crippen LogP contribution in [-0.4, -0.2) is 82.2 Å². The number of carboxylic acid groups (broad SMARTS) is 1. The Hall–Kier alpha value is -3.89. The number of sulfonamides is 1. The molecule has 0 radical (unpaired) electrons. The summed E-state index contributed by atoms with van der Waals surface area (Å²) in [7, 11) is -4.07. The highest BCUT2D eigenvalue weighted by molar-refractivity contribution is 7.91. The molecule has 3 heterocycles. The Morgan fingerprint density at radius 3 is 2.54 bits per heavy atom. The zero-order chi connectivity index (χ0) is 35.2. The summed E-state index contributed by atoms with van der Waals surface area (Å²) in [6.07, 6.45) is -0.590. The highest BCUT2D eigenvalue weighted by Gasteiger charge is 2.63. The molecule has 4 amide bonds. The van der Waals surface area contributed by atoms with Crippen LogP contribution < -0.4 is 20.1 Å². The minimum absolute atomic E-state index is 0.0347. The first-order chi connectivity index (χ1) is 22.4. The molecule has 2 saturated carbocycles. The lowest BCUT2D eigenvalue weighted by Crippen LogP contribution is -2.59. The molecule has 48 heavy (non-hydrogen) atoms. The molecule has 4 aliphatic rings. The third-order valence-electron chi connectivity index (χ3n) is 9.88. The molecule has 2 aliphatic carbocycles. The van der Waals surface area contributed by atoms with Gasteiger partial charge in [0.2, 0.25) is 27.7 Å². The second-order valence-corrected chi connectivity index (χ2v) is 15.9. The summed E-state index contributed by atoms with van der Waals surface area (Å²) in [6, 6.07) is -0.843. The Morgan fingerprint density at radius 2 is 1.90 bits per heavy atom. The third kappa shape index (κ3) is 7.25. The first-order valence-electron chi connectivity index (χ1n) is 15.9. The number of halogens is 3. The molecule has 0 unspecified atom stereocenters. The molecule has 264 valence electrons. The topological polar surface area (TPSA) is 184 Å². The van der Waals surface area contributed by atoms with E-state index in [0.717, 1.165) is 23.2 Å². The largest absolute Gasteiger partial charge is 0.472 e. The van der Waals surface area contributed by atoms with E-state index in [1.165, 1.54) is 6.92 Å². The van der Waals surface area contributed by atoms with Crippen molar-refractivity contribution in [1.82, 2.24) is 25.2 Å². The predicted octanol–water partition coefficient (Wildman–Crippen LogP) is 2.97. The van der Waals surface area contributed by atoms with Crippen LogP contribution in [-0.2, 0) is 30.6 Å². The number of nitrogens with one attached hydrogen (secondary N) is 3. The number of aromatic nitrogens is 1. The summed E-state index contributed by atoms with van der Waals surface area (Å²) in [4.78, 5) is 58.3. The second kappa shape index (κ2) is 12.9. The fraction of sp³-hybridized carbons (Fsp3) is 0.645. The summed E-state index contributed by atoms with van der Waals surface area (Å²) in [5, 5.41) is 14.5. The van der Waals surface area contributed by atoms with Crippen molar-refractivity contribution in [2.75, 3.05) is 6.54 Å². The van der Waals surface area contributed by atoms with Gasteiger partial charge in [-0.05, 0) is 69.4 Å². The number of hydrogen-bond donors (Lipinski definition) is 4. The minimum atomic E-state index is -4.81. The fourth-order valence-electron chi connectivity index (χ4n) is 6.59. The molecule has 1 aromatic rings. The molecule has 1 saturated heterocycles. The first-order valence-corrected chi connectivity index (χ1v) is 17.4. The Labute approximate surface area is 276 Å². The van der Waals surface area contributed by atoms with Gasteiger partial charge in [0.1, 0.15) is 29.3 Å². The molecule has 17 heteroatoms. The Morgan fingerprint density at radius 1 is 1.19 bits per heavy atom. The quantitative estimate of drug-likeness (QED) is 0.324. The predicted molar refractivity (Wildman–Crippen MR) is 164 cm³/mol. The van der Waals surface area contributed by atoms with Crippen molar-refractivity contribution in [3.05, 3.63) is 36.0 Å². The Kier molecular flexibility index (Phi) is 9.49. The number of allylic oxidation sites excluding steroid dienone is 1. The van der Waals surface area contributed by atoms with Gasteiger partial charge < -0.3 is 25.4 Å². The second-order valence-electron chi connectivity index (χ2n) is 13.7. The Balaban J connectivity index is 1.49. The van der Waals surface area contributed by atoms with Gasteiger partial charge in [0.15, 0.2) is 0 Å². The van der Waals surface area contributed by atoms with Gasteiger partial charge in [0, 0.05) is 18.5 Å². The van der Waals surface area contributed by atoms with Gasteiger partial charge in [-0.25, -0.2) is 18.2 Å². The van der Waals surface area contributed by atoms with E-state index in [2.05, 4.69) is 20.3 Å². The molecule has 7 atom stereocenters. The average Bonchev–Trinajstić information content (AvgIpc) is 3.87. The molecule has 5 rings (SSSR count). The fourth-order valence-corrected chi connectivity index (χ4v) is 7.90. The number of alkyl halides is 3. The van der Waals surface area contributed by atoms with Gasteiger partial charge in [-0.3, -0.25) is 19.1 Å². The number of nitrogens with zero attached hydrogens (tertiary/aromatic N) is 2. The van der Waals surface area contributed by atoms with Crippen LogP contribution in [0.4, 0.5) is 18.0 Å². The van der Waals surface area contributed by atoms with Gasteiger partial charge in [-0.2, -0.15) is 13.2 Å². The molecular formula is C31H40F3N5O8S. The number of amides is 4. The summed E-state index contributed by atoms with van der Waals surface area (Å²) < 4.78 is 73.8. The number of hydrogen-bond acceptors (Lipinski definition) is 8. The van der Waals surface area contributed by atoms with E-state index in [-0.39, 0.29) is 25.3 Å². The summed E-state index contributed by atoms with van der Waals surface area (Å²) in [6.45, 7) is 4.76. The monoisotopic (exact) mass is 699 g/mol. The lowest BCUT2D eigenvalue weighted by Gasteiger charge is -2.32. The molecular weight excluding hydrogens is 659 g/mol. The SMILES string of the molecule is C[C@@H]1CCC=C[C@@H]2C[C@@]2(C(=O)NS(=O)(=O)C2(C)CC2)NC(=O)[C@@H]2C[C@@H](Oc3ncccc3C(F)(F)F)CN2C(=O)[C@@H](NC(=O)O)[C@H](C)C1. The number of fused-ring (bicyclic) bond motifs is 2. The van der Waals surface area contributed by atoms with Gasteiger partial charge >= 0.3 is 12.3 Å². The molecule has 2 aliphatic heterocycles. The number of carbonyl (C=O) groups excluding carboxylic acids is 3. The average molecular weight is 700 g/mol. The van der Waals surface area contributed by atoms with Gasteiger partial charge in [-0.1, -0.05) is 26.0 Å². The van der Waals surface area contributed by atoms with E-state index in [9.17, 15) is 45.9 Å². The van der Waals surface area contributed by atoms with Crippen molar-refractivity contribution in [1.29, 1.82) is 0 Å². The van der Waals surface area contributed by atoms with Crippen LogP contribution >= 0.6 is 0 Å². The molecule has 4 N–H and O–H groups in total. The van der Waals surface area contributed by atoms with Crippen molar-refractivity contribution >= 4 is 33.8 Å². The first kappa shape index (κ1) is 35.4. The minimum Gasteiger partial charge on any atom is -0.472 e. The molecule has 13 nitrogen and oxygen atoms in total. The number of carbonyl (C=O) groups is 4. The Bertz CT molecular complexity index is 1600. The van der Waals surface area contributed by atoms with Crippen LogP contribution in [0.2, 0.25) is 0 Å². The van der Waals surface area contributed by atoms with Crippen molar-refractivity contribution in [2.24, 2.45) is 17.8 Å².